The van der Waals surface area contributed by atoms with Gasteiger partial charge in [-0.15, -0.1) is 17.5 Å². The van der Waals surface area contributed by atoms with Crippen molar-refractivity contribution in [2.75, 3.05) is 26.2 Å². The summed E-state index contributed by atoms with van der Waals surface area (Å²) in [4.78, 5) is 12.7. The van der Waals surface area contributed by atoms with E-state index in [0.29, 0.717) is 24.2 Å². The Bertz CT molecular complexity index is 622. The zero-order valence-corrected chi connectivity index (χ0v) is 17.8. The van der Waals surface area contributed by atoms with Gasteiger partial charge in [0.15, 0.2) is 5.69 Å². The van der Waals surface area contributed by atoms with Crippen molar-refractivity contribution >= 4 is 18.3 Å². The SMILES string of the molecule is Cc1c(C(=O)NCC2CCCOC2C(C)(C)C)nnn1C1CCNCC1.Cl. The van der Waals surface area contributed by atoms with Crippen molar-refractivity contribution in [2.24, 2.45) is 11.3 Å². The van der Waals surface area contributed by atoms with Gasteiger partial charge in [0.2, 0.25) is 0 Å². The van der Waals surface area contributed by atoms with Crippen LogP contribution in [0.3, 0.4) is 0 Å². The van der Waals surface area contributed by atoms with Crippen LogP contribution in [0.1, 0.15) is 68.7 Å². The van der Waals surface area contributed by atoms with Gasteiger partial charge in [0.05, 0.1) is 17.8 Å². The van der Waals surface area contributed by atoms with Crippen molar-refractivity contribution in [3.8, 4) is 0 Å². The lowest BCUT2D eigenvalue weighted by molar-refractivity contribution is -0.0839. The number of ether oxygens (including phenoxy) is 1. The van der Waals surface area contributed by atoms with Crippen molar-refractivity contribution in [2.45, 2.75) is 65.5 Å². The number of hydrogen-bond donors (Lipinski definition) is 2. The molecule has 2 atom stereocenters. The number of piperidine rings is 1. The third-order valence-electron chi connectivity index (χ3n) is 5.62. The summed E-state index contributed by atoms with van der Waals surface area (Å²) in [6.07, 6.45) is 4.36. The van der Waals surface area contributed by atoms with E-state index in [-0.39, 0.29) is 29.8 Å². The van der Waals surface area contributed by atoms with Crippen LogP contribution in [0, 0.1) is 18.3 Å². The van der Waals surface area contributed by atoms with Gasteiger partial charge in [-0.3, -0.25) is 4.79 Å². The van der Waals surface area contributed by atoms with Gasteiger partial charge in [0, 0.05) is 19.1 Å². The van der Waals surface area contributed by atoms with E-state index in [1.165, 1.54) is 0 Å². The average Bonchev–Trinajstić information content (AvgIpc) is 3.01. The first-order valence-electron chi connectivity index (χ1n) is 9.90. The molecule has 7 nitrogen and oxygen atoms in total. The standard InChI is InChI=1S/C19H33N5O2.ClH/c1-13-16(22-23-24(13)15-7-9-20-10-8-15)18(25)21-12-14-6-5-11-26-17(14)19(2,3)4;/h14-15,17,20H,5-12H2,1-4H3,(H,21,25);1H. The number of nitrogens with one attached hydrogen (secondary N) is 2. The zero-order chi connectivity index (χ0) is 18.7. The first-order chi connectivity index (χ1) is 12.4. The quantitative estimate of drug-likeness (QED) is 0.812. The number of halogens is 1. The van der Waals surface area contributed by atoms with Gasteiger partial charge in [0.25, 0.3) is 5.91 Å². The van der Waals surface area contributed by atoms with Gasteiger partial charge < -0.3 is 15.4 Å². The largest absolute Gasteiger partial charge is 0.377 e. The third kappa shape index (κ3) is 5.21. The molecule has 0 aromatic carbocycles. The van der Waals surface area contributed by atoms with E-state index in [1.54, 1.807) is 0 Å². The van der Waals surface area contributed by atoms with Crippen LogP contribution in [0.25, 0.3) is 0 Å². The molecule has 1 aromatic heterocycles. The predicted octanol–water partition coefficient (Wildman–Crippen LogP) is 2.50. The molecule has 8 heteroatoms. The molecule has 0 spiro atoms. The Morgan fingerprint density at radius 1 is 1.30 bits per heavy atom. The summed E-state index contributed by atoms with van der Waals surface area (Å²) in [6, 6.07) is 0.335. The topological polar surface area (TPSA) is 81.1 Å². The lowest BCUT2D eigenvalue weighted by atomic mass is 9.78. The first-order valence-corrected chi connectivity index (χ1v) is 9.90. The molecule has 2 saturated heterocycles. The van der Waals surface area contributed by atoms with Gasteiger partial charge in [-0.25, -0.2) is 4.68 Å². The van der Waals surface area contributed by atoms with Crippen LogP contribution in [0.5, 0.6) is 0 Å². The highest BCUT2D eigenvalue weighted by atomic mass is 35.5. The van der Waals surface area contributed by atoms with Crippen LogP contribution >= 0.6 is 12.4 Å². The normalized spacial score (nSPS) is 24.3. The van der Waals surface area contributed by atoms with Gasteiger partial charge in [-0.05, 0) is 51.1 Å². The van der Waals surface area contributed by atoms with E-state index in [4.69, 9.17) is 4.74 Å². The number of aromatic nitrogens is 3. The molecule has 0 radical (unpaired) electrons. The summed E-state index contributed by atoms with van der Waals surface area (Å²) in [5.41, 5.74) is 1.39. The maximum absolute atomic E-state index is 12.7. The smallest absolute Gasteiger partial charge is 0.273 e. The van der Waals surface area contributed by atoms with Crippen molar-refractivity contribution < 1.29 is 9.53 Å². The van der Waals surface area contributed by atoms with Crippen molar-refractivity contribution in [3.05, 3.63) is 11.4 Å². The van der Waals surface area contributed by atoms with Gasteiger partial charge in [0.1, 0.15) is 0 Å². The Kier molecular flexibility index (Phi) is 7.65. The fourth-order valence-corrected chi connectivity index (χ4v) is 4.27. The molecular formula is C19H34ClN5O2. The zero-order valence-electron chi connectivity index (χ0n) is 17.0. The van der Waals surface area contributed by atoms with Crippen LogP contribution < -0.4 is 10.6 Å². The van der Waals surface area contributed by atoms with E-state index >= 15 is 0 Å². The summed E-state index contributed by atoms with van der Waals surface area (Å²) >= 11 is 0. The molecule has 3 heterocycles. The number of rotatable bonds is 4. The fraction of sp³-hybridized carbons (Fsp3) is 0.842. The molecule has 2 aliphatic heterocycles. The Balaban J connectivity index is 0.00000261. The van der Waals surface area contributed by atoms with Crippen molar-refractivity contribution in [1.29, 1.82) is 0 Å². The van der Waals surface area contributed by atoms with Crippen molar-refractivity contribution in [1.82, 2.24) is 25.6 Å². The summed E-state index contributed by atoms with van der Waals surface area (Å²) in [6.45, 7) is 12.0. The molecule has 27 heavy (non-hydrogen) atoms. The number of amides is 1. The van der Waals surface area contributed by atoms with E-state index in [1.807, 2.05) is 11.6 Å². The second kappa shape index (κ2) is 9.34. The van der Waals surface area contributed by atoms with Gasteiger partial charge >= 0.3 is 0 Å². The lowest BCUT2D eigenvalue weighted by Gasteiger charge is -2.40. The maximum atomic E-state index is 12.7. The van der Waals surface area contributed by atoms with Crippen LogP contribution in [0.4, 0.5) is 0 Å². The summed E-state index contributed by atoms with van der Waals surface area (Å²) in [5.74, 6) is 0.216. The van der Waals surface area contributed by atoms with Crippen molar-refractivity contribution in [3.63, 3.8) is 0 Å². The Hall–Kier alpha value is -1.18. The number of nitrogens with zero attached hydrogens (tertiary/aromatic N) is 3. The summed E-state index contributed by atoms with van der Waals surface area (Å²) in [7, 11) is 0. The second-order valence-electron chi connectivity index (χ2n) is 8.72. The molecule has 0 saturated carbocycles. The molecule has 0 bridgehead atoms. The summed E-state index contributed by atoms with van der Waals surface area (Å²) < 4.78 is 7.94. The monoisotopic (exact) mass is 399 g/mol. The summed E-state index contributed by atoms with van der Waals surface area (Å²) in [5, 5.41) is 14.9. The Morgan fingerprint density at radius 3 is 2.67 bits per heavy atom. The van der Waals surface area contributed by atoms with Crippen LogP contribution in [0.15, 0.2) is 0 Å². The second-order valence-corrected chi connectivity index (χ2v) is 8.72. The Labute approximate surface area is 168 Å². The van der Waals surface area contributed by atoms with E-state index in [9.17, 15) is 4.79 Å². The minimum absolute atomic E-state index is 0. The van der Waals surface area contributed by atoms with E-state index < -0.39 is 0 Å². The molecule has 2 N–H and O–H groups in total. The number of carbonyl (C=O) groups is 1. The number of hydrogen-bond acceptors (Lipinski definition) is 5. The fourth-order valence-electron chi connectivity index (χ4n) is 4.27. The first kappa shape index (κ1) is 22.1. The number of carbonyl (C=O) groups excluding carboxylic acids is 1. The highest BCUT2D eigenvalue weighted by molar-refractivity contribution is 5.93. The molecule has 3 rings (SSSR count). The highest BCUT2D eigenvalue weighted by Crippen LogP contribution is 2.33. The molecule has 1 amide bonds. The highest BCUT2D eigenvalue weighted by Gasteiger charge is 2.35. The molecule has 2 unspecified atom stereocenters. The van der Waals surface area contributed by atoms with Gasteiger partial charge in [-0.1, -0.05) is 26.0 Å². The molecular weight excluding hydrogens is 366 g/mol. The minimum Gasteiger partial charge on any atom is -0.377 e. The molecule has 2 aliphatic rings. The van der Waals surface area contributed by atoms with Crippen LogP contribution in [-0.2, 0) is 4.74 Å². The van der Waals surface area contributed by atoms with E-state index in [2.05, 4.69) is 41.7 Å². The maximum Gasteiger partial charge on any atom is 0.273 e. The average molecular weight is 400 g/mol. The van der Waals surface area contributed by atoms with E-state index in [0.717, 1.165) is 51.1 Å². The minimum atomic E-state index is -0.124. The Morgan fingerprint density at radius 2 is 2.00 bits per heavy atom. The third-order valence-corrected chi connectivity index (χ3v) is 5.62. The van der Waals surface area contributed by atoms with Crippen LogP contribution in [0.2, 0.25) is 0 Å². The predicted molar refractivity (Wildman–Crippen MR) is 107 cm³/mol. The van der Waals surface area contributed by atoms with Crippen LogP contribution in [-0.4, -0.2) is 53.2 Å². The molecule has 1 aromatic rings. The van der Waals surface area contributed by atoms with Gasteiger partial charge in [-0.2, -0.15) is 0 Å². The molecule has 154 valence electrons. The lowest BCUT2D eigenvalue weighted by Crippen LogP contribution is -2.45. The molecule has 0 aliphatic carbocycles. The molecule has 2 fully saturated rings.